The largest absolute Gasteiger partial charge is 0.368 e. The Balaban J connectivity index is 1.95. The van der Waals surface area contributed by atoms with Crippen molar-refractivity contribution in [2.24, 2.45) is 5.92 Å². The van der Waals surface area contributed by atoms with Crippen LogP contribution in [0.25, 0.3) is 0 Å². The number of nitrogens with zero attached hydrogens (tertiary/aromatic N) is 3. The van der Waals surface area contributed by atoms with Gasteiger partial charge in [0.05, 0.1) is 9.40 Å². The lowest BCUT2D eigenvalue weighted by atomic mass is 10.1. The monoisotopic (exact) mass is 356 g/mol. The highest BCUT2D eigenvalue weighted by molar-refractivity contribution is 9.10. The minimum Gasteiger partial charge on any atom is -0.368 e. The maximum atomic E-state index is 10.7. The van der Waals surface area contributed by atoms with Gasteiger partial charge >= 0.3 is 0 Å². The van der Waals surface area contributed by atoms with Gasteiger partial charge in [0, 0.05) is 25.2 Å². The Hall–Kier alpha value is -1.21. The number of nitrogens with one attached hydrogen (secondary N) is 1. The summed E-state index contributed by atoms with van der Waals surface area (Å²) < 4.78 is 0.630. The van der Waals surface area contributed by atoms with Crippen molar-refractivity contribution in [3.63, 3.8) is 0 Å². The van der Waals surface area contributed by atoms with Gasteiger partial charge in [0.1, 0.15) is 12.0 Å². The van der Waals surface area contributed by atoms with Gasteiger partial charge in [-0.1, -0.05) is 13.8 Å². The van der Waals surface area contributed by atoms with Crippen molar-refractivity contribution in [3.05, 3.63) is 26.9 Å². The van der Waals surface area contributed by atoms with Crippen LogP contribution in [-0.4, -0.2) is 40.5 Å². The quantitative estimate of drug-likeness (QED) is 0.625. The van der Waals surface area contributed by atoms with Crippen molar-refractivity contribution in [2.45, 2.75) is 32.7 Å². The molecule has 1 aromatic heterocycles. The van der Waals surface area contributed by atoms with E-state index in [0.29, 0.717) is 22.3 Å². The zero-order chi connectivity index (χ0) is 15.4. The Morgan fingerprint density at radius 2 is 2.38 bits per heavy atom. The van der Waals surface area contributed by atoms with E-state index in [4.69, 9.17) is 0 Å². The molecule has 2 heterocycles. The second kappa shape index (κ2) is 7.17. The summed E-state index contributed by atoms with van der Waals surface area (Å²) in [7, 11) is 0. The first kappa shape index (κ1) is 16.2. The lowest BCUT2D eigenvalue weighted by Gasteiger charge is -2.26. The van der Waals surface area contributed by atoms with Crippen LogP contribution in [0, 0.1) is 16.0 Å². The molecule has 0 unspecified atom stereocenters. The Kier molecular flexibility index (Phi) is 5.52. The number of pyridine rings is 1. The summed E-state index contributed by atoms with van der Waals surface area (Å²) in [6.45, 7) is 7.55. The number of anilines is 1. The lowest BCUT2D eigenvalue weighted by Crippen LogP contribution is -2.37. The third-order valence-corrected chi connectivity index (χ3v) is 4.25. The molecule has 6 nitrogen and oxygen atoms in total. The normalized spacial score (nSPS) is 19.1. The molecule has 1 aliphatic rings. The Morgan fingerprint density at radius 3 is 3.00 bits per heavy atom. The number of hydrogen-bond acceptors (Lipinski definition) is 5. The van der Waals surface area contributed by atoms with Gasteiger partial charge in [-0.15, -0.1) is 0 Å². The lowest BCUT2D eigenvalue weighted by molar-refractivity contribution is -0.385. The van der Waals surface area contributed by atoms with E-state index in [2.05, 4.69) is 45.0 Å². The van der Waals surface area contributed by atoms with E-state index in [1.54, 1.807) is 0 Å². The fraction of sp³-hybridized carbons (Fsp3) is 0.643. The molecule has 0 aliphatic carbocycles. The fourth-order valence-electron chi connectivity index (χ4n) is 2.71. The van der Waals surface area contributed by atoms with Gasteiger partial charge in [-0.3, -0.25) is 15.0 Å². The van der Waals surface area contributed by atoms with Crippen molar-refractivity contribution < 1.29 is 4.92 Å². The maximum Gasteiger partial charge on any atom is 0.288 e. The minimum atomic E-state index is -0.442. The highest BCUT2D eigenvalue weighted by atomic mass is 79.9. The van der Waals surface area contributed by atoms with Crippen LogP contribution in [0.5, 0.6) is 0 Å². The van der Waals surface area contributed by atoms with Gasteiger partial charge < -0.3 is 5.32 Å². The first-order valence-electron chi connectivity index (χ1n) is 7.25. The number of likely N-dealkylation sites (tertiary alicyclic amines) is 1. The van der Waals surface area contributed by atoms with E-state index in [9.17, 15) is 10.1 Å². The topological polar surface area (TPSA) is 71.3 Å². The predicted molar refractivity (Wildman–Crippen MR) is 86.5 cm³/mol. The van der Waals surface area contributed by atoms with Crippen molar-refractivity contribution in [1.82, 2.24) is 9.88 Å². The van der Waals surface area contributed by atoms with Crippen molar-refractivity contribution >= 4 is 27.4 Å². The molecule has 0 amide bonds. The second-order valence-electron chi connectivity index (χ2n) is 5.85. The second-order valence-corrected chi connectivity index (χ2v) is 6.70. The highest BCUT2D eigenvalue weighted by Gasteiger charge is 2.25. The fourth-order valence-corrected chi connectivity index (χ4v) is 3.19. The summed E-state index contributed by atoms with van der Waals surface area (Å²) >= 11 is 3.34. The standard InChI is InChI=1S/C14H21BrN4O2/c1-10(2)9-18-5-3-4-11(18)7-16-14-13(15)6-12(8-17-14)19(20)21/h6,8,10-11H,3-5,7,9H2,1-2H3,(H,16,17)/t11-/m0/s1. The van der Waals surface area contributed by atoms with Crippen LogP contribution >= 0.6 is 15.9 Å². The summed E-state index contributed by atoms with van der Waals surface area (Å²) in [5.41, 5.74) is -0.00488. The Bertz CT molecular complexity index is 510. The molecule has 1 atom stereocenters. The third-order valence-electron chi connectivity index (χ3n) is 3.64. The van der Waals surface area contributed by atoms with Crippen LogP contribution in [-0.2, 0) is 0 Å². The molecule has 0 bridgehead atoms. The third kappa shape index (κ3) is 4.38. The van der Waals surface area contributed by atoms with Crippen molar-refractivity contribution in [3.8, 4) is 0 Å². The Labute approximate surface area is 133 Å². The number of halogens is 1. The van der Waals surface area contributed by atoms with E-state index in [-0.39, 0.29) is 5.69 Å². The van der Waals surface area contributed by atoms with Gasteiger partial charge in [-0.25, -0.2) is 4.98 Å². The van der Waals surface area contributed by atoms with Crippen LogP contribution < -0.4 is 5.32 Å². The molecular formula is C14H21BrN4O2. The number of rotatable bonds is 6. The molecular weight excluding hydrogens is 336 g/mol. The predicted octanol–water partition coefficient (Wildman–Crippen LogP) is 3.28. The molecule has 1 aromatic rings. The summed E-state index contributed by atoms with van der Waals surface area (Å²) in [5.74, 6) is 1.33. The van der Waals surface area contributed by atoms with Gasteiger partial charge in [0.25, 0.3) is 5.69 Å². The number of nitro groups is 1. The van der Waals surface area contributed by atoms with Crippen LogP contribution in [0.2, 0.25) is 0 Å². The van der Waals surface area contributed by atoms with E-state index in [1.165, 1.54) is 25.1 Å². The molecule has 1 saturated heterocycles. The van der Waals surface area contributed by atoms with Gasteiger partial charge in [0.15, 0.2) is 0 Å². The molecule has 0 saturated carbocycles. The van der Waals surface area contributed by atoms with Gasteiger partial charge in [-0.2, -0.15) is 0 Å². The van der Waals surface area contributed by atoms with E-state index in [1.807, 2.05) is 0 Å². The SMILES string of the molecule is CC(C)CN1CCC[C@H]1CNc1ncc([N+](=O)[O-])cc1Br. The van der Waals surface area contributed by atoms with Crippen LogP contribution in [0.1, 0.15) is 26.7 Å². The summed E-state index contributed by atoms with van der Waals surface area (Å²) in [5, 5.41) is 14.0. The first-order chi connectivity index (χ1) is 9.97. The van der Waals surface area contributed by atoms with Crippen LogP contribution in [0.3, 0.4) is 0 Å². The zero-order valence-corrected chi connectivity index (χ0v) is 14.0. The minimum absolute atomic E-state index is 0.00488. The smallest absolute Gasteiger partial charge is 0.288 e. The maximum absolute atomic E-state index is 10.7. The number of aromatic nitrogens is 1. The zero-order valence-electron chi connectivity index (χ0n) is 12.4. The summed E-state index contributed by atoms with van der Waals surface area (Å²) in [6.07, 6.45) is 3.70. The summed E-state index contributed by atoms with van der Waals surface area (Å²) in [4.78, 5) is 16.9. The van der Waals surface area contributed by atoms with E-state index >= 15 is 0 Å². The van der Waals surface area contributed by atoms with Gasteiger partial charge in [0.2, 0.25) is 0 Å². The Morgan fingerprint density at radius 1 is 1.62 bits per heavy atom. The molecule has 1 fully saturated rings. The molecule has 7 heteroatoms. The molecule has 2 rings (SSSR count). The highest BCUT2D eigenvalue weighted by Crippen LogP contribution is 2.25. The molecule has 116 valence electrons. The van der Waals surface area contributed by atoms with Crippen molar-refractivity contribution in [2.75, 3.05) is 25.0 Å². The summed E-state index contributed by atoms with van der Waals surface area (Å²) in [6, 6.07) is 1.99. The van der Waals surface area contributed by atoms with E-state index < -0.39 is 4.92 Å². The van der Waals surface area contributed by atoms with Crippen LogP contribution in [0.4, 0.5) is 11.5 Å². The van der Waals surface area contributed by atoms with Gasteiger partial charge in [-0.05, 0) is 41.2 Å². The molecule has 21 heavy (non-hydrogen) atoms. The molecule has 0 spiro atoms. The average molecular weight is 357 g/mol. The molecule has 0 aromatic carbocycles. The van der Waals surface area contributed by atoms with E-state index in [0.717, 1.165) is 19.6 Å². The molecule has 1 aliphatic heterocycles. The molecule has 1 N–H and O–H groups in total. The first-order valence-corrected chi connectivity index (χ1v) is 8.04. The van der Waals surface area contributed by atoms with Crippen LogP contribution in [0.15, 0.2) is 16.7 Å². The molecule has 0 radical (unpaired) electrons. The van der Waals surface area contributed by atoms with Crippen molar-refractivity contribution in [1.29, 1.82) is 0 Å². The average Bonchev–Trinajstić information content (AvgIpc) is 2.83. The number of hydrogen-bond donors (Lipinski definition) is 1.